The minimum absolute atomic E-state index is 0.0600. The fourth-order valence-electron chi connectivity index (χ4n) is 0.216. The summed E-state index contributed by atoms with van der Waals surface area (Å²) >= 11 is 0. The minimum atomic E-state index is -2.17. The molecule has 0 unspecified atom stereocenters. The molecule has 0 saturated carbocycles. The van der Waals surface area contributed by atoms with Gasteiger partial charge < -0.3 is 25.3 Å². The lowest BCUT2D eigenvalue weighted by molar-refractivity contribution is -0.178. The molecule has 19 heavy (non-hydrogen) atoms. The smallest absolute Gasteiger partial charge is 0.402 e. The van der Waals surface area contributed by atoms with Crippen LogP contribution in [-0.2, 0) is 9.68 Å². The predicted octanol–water partition coefficient (Wildman–Crippen LogP) is -1.28. The van der Waals surface area contributed by atoms with Crippen LogP contribution >= 0.6 is 0 Å². The molecule has 0 aliphatic heterocycles. The Morgan fingerprint density at radius 1 is 0.947 bits per heavy atom. The summed E-state index contributed by atoms with van der Waals surface area (Å²) in [7, 11) is -2.80. The number of rotatable bonds is 7. The molecule has 0 amide bonds. The van der Waals surface area contributed by atoms with Gasteiger partial charge in [-0.05, 0) is 0 Å². The van der Waals surface area contributed by atoms with Crippen LogP contribution in [0.1, 0.15) is 6.92 Å². The highest BCUT2D eigenvalue weighted by Gasteiger charge is 2.06. The van der Waals surface area contributed by atoms with Crippen molar-refractivity contribution >= 4 is 15.4 Å². The largest absolute Gasteiger partial charge is 0.631 e. The summed E-state index contributed by atoms with van der Waals surface area (Å²) in [5.41, 5.74) is 2.07. The highest BCUT2D eigenvalue weighted by atomic mass is 28.3. The van der Waals surface area contributed by atoms with E-state index >= 15 is 0 Å². The Balaban J connectivity index is -0.000000222. The zero-order valence-corrected chi connectivity index (χ0v) is 13.2. The Hall–Kier alpha value is -0.0382. The van der Waals surface area contributed by atoms with Crippen LogP contribution in [0.5, 0.6) is 0 Å². The van der Waals surface area contributed by atoms with Crippen LogP contribution < -0.4 is 5.64 Å². The van der Waals surface area contributed by atoms with Crippen molar-refractivity contribution in [2.75, 3.05) is 26.4 Å². The third-order valence-electron chi connectivity index (χ3n) is 1.57. The van der Waals surface area contributed by atoms with Crippen LogP contribution in [0.15, 0.2) is 0 Å². The van der Waals surface area contributed by atoms with E-state index in [2.05, 4.69) is 41.9 Å². The van der Waals surface area contributed by atoms with E-state index in [0.29, 0.717) is 0 Å². The third-order valence-corrected chi connectivity index (χ3v) is 3.69. The summed E-state index contributed by atoms with van der Waals surface area (Å²) in [6.45, 7) is 9.64. The number of aliphatic hydroxyl groups excluding tert-OH is 2. The third kappa shape index (κ3) is 57.0. The van der Waals surface area contributed by atoms with Gasteiger partial charge in [0.15, 0.2) is 0 Å². The van der Waals surface area contributed by atoms with Crippen molar-refractivity contribution in [3.63, 3.8) is 0 Å². The Morgan fingerprint density at radius 2 is 1.21 bits per heavy atom. The maximum atomic E-state index is 8.15. The summed E-state index contributed by atoms with van der Waals surface area (Å²) in [6.07, 6.45) is 0. The average molecular weight is 301 g/mol. The molecule has 0 saturated heterocycles. The van der Waals surface area contributed by atoms with Crippen molar-refractivity contribution < 1.29 is 35.0 Å². The van der Waals surface area contributed by atoms with Crippen LogP contribution in [-0.4, -0.2) is 67.1 Å². The molecule has 0 bridgehead atoms. The molecule has 0 spiro atoms. The molecule has 0 radical (unpaired) electrons. The molecule has 0 aliphatic carbocycles. The number of hydrogen-bond acceptors (Lipinski definition) is 8. The first-order valence-corrected chi connectivity index (χ1v) is 9.66. The Labute approximate surface area is 116 Å². The van der Waals surface area contributed by atoms with Crippen LogP contribution in [0.4, 0.5) is 0 Å². The van der Waals surface area contributed by atoms with Crippen molar-refractivity contribution in [1.29, 1.82) is 0 Å². The van der Waals surface area contributed by atoms with Gasteiger partial charge in [0.05, 0.1) is 26.4 Å². The standard InChI is InChI=1S/C5H14Si.C4H11NO4.BH3O3/c1-5-6(2,3)4;6-1-3-8-5-9-4-2-7;2-1(3)4/h5H2,1-4H3;5-7H,1-4H2;2-4H. The average Bonchev–Trinajstić information content (AvgIpc) is 2.28. The van der Waals surface area contributed by atoms with E-state index in [4.69, 9.17) is 25.3 Å². The molecule has 118 valence electrons. The predicted molar refractivity (Wildman–Crippen MR) is 75.4 cm³/mol. The van der Waals surface area contributed by atoms with Gasteiger partial charge in [0.1, 0.15) is 0 Å². The Morgan fingerprint density at radius 3 is 1.37 bits per heavy atom. The zero-order chi connectivity index (χ0) is 15.7. The summed E-state index contributed by atoms with van der Waals surface area (Å²) in [5.74, 6) is 0. The summed E-state index contributed by atoms with van der Waals surface area (Å²) in [6, 6.07) is 1.41. The lowest BCUT2D eigenvalue weighted by Gasteiger charge is -2.09. The minimum Gasteiger partial charge on any atom is -0.402 e. The molecule has 0 aliphatic rings. The maximum Gasteiger partial charge on any atom is 0.631 e. The van der Waals surface area contributed by atoms with Gasteiger partial charge in [-0.15, -0.1) is 0 Å². The van der Waals surface area contributed by atoms with Crippen LogP contribution in [0.2, 0.25) is 25.7 Å². The number of hydrogen-bond donors (Lipinski definition) is 6. The van der Waals surface area contributed by atoms with E-state index in [0.717, 1.165) is 0 Å². The number of nitrogens with one attached hydrogen (secondary N) is 1. The van der Waals surface area contributed by atoms with Crippen molar-refractivity contribution in [3.05, 3.63) is 0 Å². The topological polar surface area (TPSA) is 132 Å². The van der Waals surface area contributed by atoms with Crippen LogP contribution in [0.25, 0.3) is 0 Å². The molecular formula is C9H28BNO7Si. The highest BCUT2D eigenvalue weighted by molar-refractivity contribution is 6.75. The summed E-state index contributed by atoms with van der Waals surface area (Å²) in [4.78, 5) is 8.90. The first-order valence-electron chi connectivity index (χ1n) is 5.95. The SMILES string of the molecule is CC[Si](C)(C)C.OB(O)O.OCCONOCCO. The molecule has 0 aromatic heterocycles. The second-order valence-corrected chi connectivity index (χ2v) is 10.3. The van der Waals surface area contributed by atoms with E-state index < -0.39 is 15.4 Å². The molecule has 0 rings (SSSR count). The first-order chi connectivity index (χ1) is 8.71. The molecule has 0 aromatic rings. The fourth-order valence-corrected chi connectivity index (χ4v) is 0.216. The molecule has 0 heterocycles. The Bertz CT molecular complexity index is 151. The maximum absolute atomic E-state index is 8.15. The van der Waals surface area contributed by atoms with Gasteiger partial charge in [-0.25, -0.2) is 0 Å². The van der Waals surface area contributed by atoms with Crippen molar-refractivity contribution in [2.24, 2.45) is 0 Å². The highest BCUT2D eigenvalue weighted by Crippen LogP contribution is 2.04. The molecule has 6 N–H and O–H groups in total. The van der Waals surface area contributed by atoms with Crippen LogP contribution in [0, 0.1) is 0 Å². The zero-order valence-electron chi connectivity index (χ0n) is 12.2. The first kappa shape index (κ1) is 24.0. The summed E-state index contributed by atoms with van der Waals surface area (Å²) in [5, 5.41) is 37.8. The van der Waals surface area contributed by atoms with Gasteiger partial charge >= 0.3 is 7.32 Å². The van der Waals surface area contributed by atoms with Gasteiger partial charge in [0, 0.05) is 8.07 Å². The van der Waals surface area contributed by atoms with E-state index in [-0.39, 0.29) is 26.4 Å². The second kappa shape index (κ2) is 18.0. The molecular weight excluding hydrogens is 273 g/mol. The van der Waals surface area contributed by atoms with Crippen molar-refractivity contribution in [3.8, 4) is 0 Å². The van der Waals surface area contributed by atoms with Crippen molar-refractivity contribution in [2.45, 2.75) is 32.6 Å². The van der Waals surface area contributed by atoms with Crippen LogP contribution in [0.3, 0.4) is 0 Å². The molecule has 8 nitrogen and oxygen atoms in total. The van der Waals surface area contributed by atoms with E-state index in [1.807, 2.05) is 0 Å². The fraction of sp³-hybridized carbons (Fsp3) is 1.00. The van der Waals surface area contributed by atoms with E-state index in [1.54, 1.807) is 0 Å². The van der Waals surface area contributed by atoms with Gasteiger partial charge in [-0.3, -0.25) is 9.68 Å². The van der Waals surface area contributed by atoms with Gasteiger partial charge in [0.25, 0.3) is 0 Å². The quantitative estimate of drug-likeness (QED) is 0.195. The molecule has 0 aromatic carbocycles. The molecule has 0 fully saturated rings. The van der Waals surface area contributed by atoms with Gasteiger partial charge in [-0.1, -0.05) is 38.3 Å². The Kier molecular flexibility index (Phi) is 22.7. The second-order valence-electron chi connectivity index (χ2n) is 4.49. The molecule has 0 atom stereocenters. The van der Waals surface area contributed by atoms with Crippen molar-refractivity contribution in [1.82, 2.24) is 5.64 Å². The summed E-state index contributed by atoms with van der Waals surface area (Å²) < 4.78 is 0. The monoisotopic (exact) mass is 301 g/mol. The lowest BCUT2D eigenvalue weighted by Crippen LogP contribution is -2.19. The number of aliphatic hydroxyl groups is 2. The normalized spacial score (nSPS) is 9.95. The van der Waals surface area contributed by atoms with Gasteiger partial charge in [-0.2, -0.15) is 0 Å². The lowest BCUT2D eigenvalue weighted by atomic mass is 10.3. The van der Waals surface area contributed by atoms with E-state index in [9.17, 15) is 0 Å². The van der Waals surface area contributed by atoms with E-state index in [1.165, 1.54) is 6.04 Å². The van der Waals surface area contributed by atoms with Gasteiger partial charge in [0.2, 0.25) is 0 Å². The molecule has 10 heteroatoms.